The number of carbonyl (C=O) groups excluding carboxylic acids is 3. The summed E-state index contributed by atoms with van der Waals surface area (Å²) in [6.07, 6.45) is 3.34. The minimum atomic E-state index is -0.560. The Bertz CT molecular complexity index is 1600. The standard InChI is InChI=1S/C29H24N4O3S/c1-18-12-13-19(2)25(14-18)33-28(36)23(27(35)31-29(33)37)15-20-16-32(24-11-7-6-10-22(20)24)17-26(34)30-21-8-4-3-5-9-21/h3-16H,17H2,1-2H3,(H,30,34)(H,31,35,37)/b23-15+. The molecule has 7 nitrogen and oxygen atoms in total. The Hall–Kier alpha value is -4.56. The fourth-order valence-electron chi connectivity index (χ4n) is 4.39. The van der Waals surface area contributed by atoms with Crippen LogP contribution in [0.2, 0.25) is 0 Å². The lowest BCUT2D eigenvalue weighted by Crippen LogP contribution is -2.54. The van der Waals surface area contributed by atoms with E-state index in [1.807, 2.05) is 86.6 Å². The molecule has 0 radical (unpaired) electrons. The number of carbonyl (C=O) groups is 3. The molecule has 184 valence electrons. The first-order valence-electron chi connectivity index (χ1n) is 11.7. The lowest BCUT2D eigenvalue weighted by Gasteiger charge is -2.30. The molecule has 8 heteroatoms. The SMILES string of the molecule is Cc1ccc(C)c(N2C(=O)/C(=C/c3cn(CC(=O)Nc4ccccc4)c4ccccc34)C(=O)NC2=S)c1. The highest BCUT2D eigenvalue weighted by atomic mass is 32.1. The van der Waals surface area contributed by atoms with Crippen molar-refractivity contribution in [3.63, 3.8) is 0 Å². The van der Waals surface area contributed by atoms with Gasteiger partial charge in [-0.3, -0.25) is 24.6 Å². The van der Waals surface area contributed by atoms with Crippen molar-refractivity contribution in [3.05, 3.63) is 101 Å². The van der Waals surface area contributed by atoms with Crippen molar-refractivity contribution in [2.45, 2.75) is 20.4 Å². The Kier molecular flexibility index (Phi) is 6.42. The maximum Gasteiger partial charge on any atom is 0.270 e. The Balaban J connectivity index is 1.51. The van der Waals surface area contributed by atoms with Crippen LogP contribution in [0.1, 0.15) is 16.7 Å². The number of aromatic nitrogens is 1. The zero-order valence-corrected chi connectivity index (χ0v) is 21.1. The van der Waals surface area contributed by atoms with Gasteiger partial charge in [0.15, 0.2) is 5.11 Å². The number of fused-ring (bicyclic) bond motifs is 1. The predicted molar refractivity (Wildman–Crippen MR) is 149 cm³/mol. The van der Waals surface area contributed by atoms with Gasteiger partial charge in [-0.05, 0) is 67.5 Å². The molecule has 1 aromatic heterocycles. The smallest absolute Gasteiger partial charge is 0.270 e. The zero-order chi connectivity index (χ0) is 26.1. The summed E-state index contributed by atoms with van der Waals surface area (Å²) in [6.45, 7) is 3.88. The van der Waals surface area contributed by atoms with Gasteiger partial charge in [-0.15, -0.1) is 0 Å². The summed E-state index contributed by atoms with van der Waals surface area (Å²) in [5.74, 6) is -1.25. The van der Waals surface area contributed by atoms with Crippen LogP contribution in [0, 0.1) is 13.8 Å². The second-order valence-corrected chi connectivity index (χ2v) is 9.28. The average molecular weight is 509 g/mol. The van der Waals surface area contributed by atoms with Crippen LogP contribution in [-0.2, 0) is 20.9 Å². The molecule has 4 aromatic rings. The van der Waals surface area contributed by atoms with E-state index in [0.29, 0.717) is 16.9 Å². The summed E-state index contributed by atoms with van der Waals surface area (Å²) in [7, 11) is 0. The van der Waals surface area contributed by atoms with E-state index in [1.165, 1.54) is 4.90 Å². The number of anilines is 2. The first-order valence-corrected chi connectivity index (χ1v) is 12.1. The number of hydrogen-bond donors (Lipinski definition) is 2. The van der Waals surface area contributed by atoms with E-state index >= 15 is 0 Å². The van der Waals surface area contributed by atoms with E-state index in [-0.39, 0.29) is 23.1 Å². The van der Waals surface area contributed by atoms with Gasteiger partial charge in [-0.2, -0.15) is 0 Å². The number of aryl methyl sites for hydroxylation is 2. The lowest BCUT2D eigenvalue weighted by molar-refractivity contribution is -0.122. The lowest BCUT2D eigenvalue weighted by atomic mass is 10.0. The molecular weight excluding hydrogens is 484 g/mol. The van der Waals surface area contributed by atoms with Gasteiger partial charge in [0.2, 0.25) is 5.91 Å². The molecule has 1 saturated heterocycles. The molecule has 1 aliphatic heterocycles. The van der Waals surface area contributed by atoms with Crippen molar-refractivity contribution in [2.24, 2.45) is 0 Å². The van der Waals surface area contributed by atoms with E-state index in [1.54, 1.807) is 16.8 Å². The van der Waals surface area contributed by atoms with Gasteiger partial charge in [-0.1, -0.05) is 48.5 Å². The largest absolute Gasteiger partial charge is 0.337 e. The first kappa shape index (κ1) is 24.1. The number of nitrogens with zero attached hydrogens (tertiary/aromatic N) is 2. The van der Waals surface area contributed by atoms with Gasteiger partial charge in [0.25, 0.3) is 11.8 Å². The molecule has 2 N–H and O–H groups in total. The van der Waals surface area contributed by atoms with Crippen LogP contribution in [0.4, 0.5) is 11.4 Å². The molecule has 0 saturated carbocycles. The van der Waals surface area contributed by atoms with E-state index in [2.05, 4.69) is 10.6 Å². The number of amides is 3. The number of para-hydroxylation sites is 2. The van der Waals surface area contributed by atoms with E-state index < -0.39 is 11.8 Å². The quantitative estimate of drug-likeness (QED) is 0.232. The Morgan fingerprint density at radius 1 is 1.00 bits per heavy atom. The van der Waals surface area contributed by atoms with Crippen LogP contribution in [0.5, 0.6) is 0 Å². The number of benzene rings is 3. The normalized spacial score (nSPS) is 14.8. The van der Waals surface area contributed by atoms with Crippen molar-refractivity contribution in [1.82, 2.24) is 9.88 Å². The molecular formula is C29H24N4O3S. The van der Waals surface area contributed by atoms with Gasteiger partial charge < -0.3 is 9.88 Å². The van der Waals surface area contributed by atoms with Gasteiger partial charge >= 0.3 is 0 Å². The van der Waals surface area contributed by atoms with E-state index in [0.717, 1.165) is 22.0 Å². The Morgan fingerprint density at radius 3 is 2.51 bits per heavy atom. The maximum absolute atomic E-state index is 13.6. The van der Waals surface area contributed by atoms with Crippen LogP contribution < -0.4 is 15.5 Å². The Labute approximate surface area is 219 Å². The topological polar surface area (TPSA) is 83.4 Å². The highest BCUT2D eigenvalue weighted by molar-refractivity contribution is 7.80. The summed E-state index contributed by atoms with van der Waals surface area (Å²) >= 11 is 5.36. The van der Waals surface area contributed by atoms with Crippen LogP contribution in [0.25, 0.3) is 17.0 Å². The third kappa shape index (κ3) is 4.79. The summed E-state index contributed by atoms with van der Waals surface area (Å²) in [5, 5.41) is 6.39. The monoisotopic (exact) mass is 508 g/mol. The second-order valence-electron chi connectivity index (χ2n) is 8.89. The zero-order valence-electron chi connectivity index (χ0n) is 20.3. The third-order valence-electron chi connectivity index (χ3n) is 6.20. The maximum atomic E-state index is 13.6. The van der Waals surface area contributed by atoms with Crippen molar-refractivity contribution in [2.75, 3.05) is 10.2 Å². The molecule has 0 bridgehead atoms. The molecule has 5 rings (SSSR count). The second kappa shape index (κ2) is 9.83. The van der Waals surface area contributed by atoms with Crippen LogP contribution >= 0.6 is 12.2 Å². The summed E-state index contributed by atoms with van der Waals surface area (Å²) in [4.78, 5) is 40.6. The number of thiocarbonyl (C=S) groups is 1. The molecule has 0 spiro atoms. The summed E-state index contributed by atoms with van der Waals surface area (Å²) < 4.78 is 1.80. The fourth-order valence-corrected chi connectivity index (χ4v) is 4.66. The highest BCUT2D eigenvalue weighted by Crippen LogP contribution is 2.28. The van der Waals surface area contributed by atoms with Gasteiger partial charge in [0.1, 0.15) is 12.1 Å². The summed E-state index contributed by atoms with van der Waals surface area (Å²) in [6, 6.07) is 22.5. The van der Waals surface area contributed by atoms with Gasteiger partial charge in [-0.25, -0.2) is 0 Å². The minimum Gasteiger partial charge on any atom is -0.337 e. The van der Waals surface area contributed by atoms with E-state index in [4.69, 9.17) is 12.2 Å². The molecule has 1 fully saturated rings. The highest BCUT2D eigenvalue weighted by Gasteiger charge is 2.35. The molecule has 3 amide bonds. The molecule has 37 heavy (non-hydrogen) atoms. The molecule has 0 atom stereocenters. The number of hydrogen-bond acceptors (Lipinski definition) is 4. The summed E-state index contributed by atoms with van der Waals surface area (Å²) in [5.41, 5.74) is 4.58. The van der Waals surface area contributed by atoms with Crippen molar-refractivity contribution in [1.29, 1.82) is 0 Å². The molecule has 1 aliphatic rings. The molecule has 2 heterocycles. The number of rotatable bonds is 5. The minimum absolute atomic E-state index is 0.0360. The van der Waals surface area contributed by atoms with Gasteiger partial charge in [0, 0.05) is 28.4 Å². The van der Waals surface area contributed by atoms with Crippen molar-refractivity contribution >= 4 is 63.4 Å². The Morgan fingerprint density at radius 2 is 1.73 bits per heavy atom. The predicted octanol–water partition coefficient (Wildman–Crippen LogP) is 4.73. The number of nitrogens with one attached hydrogen (secondary N) is 2. The van der Waals surface area contributed by atoms with Crippen LogP contribution in [0.3, 0.4) is 0 Å². The average Bonchev–Trinajstić information content (AvgIpc) is 3.21. The van der Waals surface area contributed by atoms with E-state index in [9.17, 15) is 14.4 Å². The van der Waals surface area contributed by atoms with Crippen LogP contribution in [-0.4, -0.2) is 27.4 Å². The molecule has 0 unspecified atom stereocenters. The fraction of sp³-hybridized carbons (Fsp3) is 0.103. The van der Waals surface area contributed by atoms with Crippen molar-refractivity contribution in [3.8, 4) is 0 Å². The molecule has 3 aromatic carbocycles. The van der Waals surface area contributed by atoms with Crippen molar-refractivity contribution < 1.29 is 14.4 Å². The van der Waals surface area contributed by atoms with Crippen LogP contribution in [0.15, 0.2) is 84.6 Å². The molecule has 0 aliphatic carbocycles. The third-order valence-corrected chi connectivity index (χ3v) is 6.48. The first-order chi connectivity index (χ1) is 17.8. The van der Waals surface area contributed by atoms with Gasteiger partial charge in [0.05, 0.1) is 5.69 Å².